The van der Waals surface area contributed by atoms with Crippen molar-refractivity contribution in [2.24, 2.45) is 5.92 Å². The first-order chi connectivity index (χ1) is 6.33. The molecule has 1 atom stereocenters. The number of hydrogen-bond donors (Lipinski definition) is 1. The average molecular weight is 181 g/mol. The summed E-state index contributed by atoms with van der Waals surface area (Å²) in [4.78, 5) is 0. The Balaban J connectivity index is 1.84. The molecule has 0 aromatic carbocycles. The number of unbranched alkanes of at least 4 members (excludes halogenated alkanes) is 1. The molecule has 0 saturated heterocycles. The summed E-state index contributed by atoms with van der Waals surface area (Å²) in [6, 6.07) is 0.875. The minimum Gasteiger partial charge on any atom is -0.314 e. The Kier molecular flexibility index (Phi) is 5.14. The van der Waals surface area contributed by atoms with Crippen LogP contribution in [0.3, 0.4) is 0 Å². The Hall–Kier alpha value is -0.300. The van der Waals surface area contributed by atoms with Gasteiger partial charge in [0.25, 0.3) is 0 Å². The van der Waals surface area contributed by atoms with Crippen LogP contribution in [0.4, 0.5) is 0 Å². The van der Waals surface area contributed by atoms with Gasteiger partial charge in [0.05, 0.1) is 0 Å². The molecule has 0 aromatic heterocycles. The van der Waals surface area contributed by atoms with Gasteiger partial charge >= 0.3 is 0 Å². The third-order valence-corrected chi connectivity index (χ3v) is 2.75. The van der Waals surface area contributed by atoms with Gasteiger partial charge < -0.3 is 5.32 Å². The maximum absolute atomic E-state index is 3.74. The van der Waals surface area contributed by atoms with E-state index in [0.29, 0.717) is 0 Å². The van der Waals surface area contributed by atoms with E-state index in [9.17, 15) is 0 Å². The average Bonchev–Trinajstić information content (AvgIpc) is 2.89. The summed E-state index contributed by atoms with van der Waals surface area (Å²) >= 11 is 0. The molecule has 0 aromatic rings. The van der Waals surface area contributed by atoms with E-state index in [1.54, 1.807) is 0 Å². The molecule has 0 radical (unpaired) electrons. The third-order valence-electron chi connectivity index (χ3n) is 2.75. The van der Waals surface area contributed by atoms with Crippen molar-refractivity contribution in [3.05, 3.63) is 12.7 Å². The molecule has 1 fully saturated rings. The van der Waals surface area contributed by atoms with Crippen LogP contribution in [0, 0.1) is 5.92 Å². The molecule has 0 amide bonds. The Morgan fingerprint density at radius 1 is 1.46 bits per heavy atom. The molecule has 1 unspecified atom stereocenters. The normalized spacial score (nSPS) is 18.5. The summed E-state index contributed by atoms with van der Waals surface area (Å²) in [5.74, 6) is 0.881. The van der Waals surface area contributed by atoms with Gasteiger partial charge in [0, 0.05) is 6.04 Å². The lowest BCUT2D eigenvalue weighted by Gasteiger charge is -2.10. The van der Waals surface area contributed by atoms with Gasteiger partial charge in [-0.2, -0.15) is 0 Å². The first-order valence-electron chi connectivity index (χ1n) is 5.67. The molecular weight excluding hydrogens is 158 g/mol. The zero-order chi connectivity index (χ0) is 9.52. The first kappa shape index (κ1) is 10.8. The standard InChI is InChI=1S/C12H23N/c1-3-4-5-6-11(2)9-10-13-12-7-8-12/h3,11-13H,1,4-10H2,2H3. The molecule has 0 aliphatic heterocycles. The second kappa shape index (κ2) is 6.20. The number of nitrogens with one attached hydrogen (secondary N) is 1. The Labute approximate surface area is 82.6 Å². The molecule has 0 spiro atoms. The van der Waals surface area contributed by atoms with Crippen molar-refractivity contribution in [3.63, 3.8) is 0 Å². The van der Waals surface area contributed by atoms with Crippen LogP contribution in [-0.2, 0) is 0 Å². The van der Waals surface area contributed by atoms with Crippen molar-refractivity contribution in [2.45, 2.75) is 51.5 Å². The summed E-state index contributed by atoms with van der Waals surface area (Å²) in [7, 11) is 0. The summed E-state index contributed by atoms with van der Waals surface area (Å²) < 4.78 is 0. The minimum absolute atomic E-state index is 0.875. The lowest BCUT2D eigenvalue weighted by molar-refractivity contribution is 0.457. The van der Waals surface area contributed by atoms with E-state index in [4.69, 9.17) is 0 Å². The van der Waals surface area contributed by atoms with Crippen LogP contribution in [0.5, 0.6) is 0 Å². The smallest absolute Gasteiger partial charge is 0.00682 e. The van der Waals surface area contributed by atoms with Crippen molar-refractivity contribution in [3.8, 4) is 0 Å². The van der Waals surface area contributed by atoms with Crippen molar-refractivity contribution in [1.29, 1.82) is 0 Å². The number of hydrogen-bond acceptors (Lipinski definition) is 1. The molecule has 1 aliphatic rings. The molecule has 1 heteroatoms. The van der Waals surface area contributed by atoms with Gasteiger partial charge in [-0.25, -0.2) is 0 Å². The van der Waals surface area contributed by atoms with Crippen molar-refractivity contribution in [2.75, 3.05) is 6.54 Å². The van der Waals surface area contributed by atoms with E-state index in [0.717, 1.165) is 12.0 Å². The molecule has 0 heterocycles. The lowest BCUT2D eigenvalue weighted by Crippen LogP contribution is -2.19. The van der Waals surface area contributed by atoms with E-state index < -0.39 is 0 Å². The van der Waals surface area contributed by atoms with Crippen LogP contribution in [0.15, 0.2) is 12.7 Å². The number of allylic oxidation sites excluding steroid dienone is 1. The van der Waals surface area contributed by atoms with Crippen molar-refractivity contribution < 1.29 is 0 Å². The van der Waals surface area contributed by atoms with Crippen molar-refractivity contribution in [1.82, 2.24) is 5.32 Å². The molecule has 1 aliphatic carbocycles. The highest BCUT2D eigenvalue weighted by molar-refractivity contribution is 4.80. The molecular formula is C12H23N. The highest BCUT2D eigenvalue weighted by Crippen LogP contribution is 2.19. The predicted octanol–water partition coefficient (Wildman–Crippen LogP) is 3.12. The minimum atomic E-state index is 0.875. The zero-order valence-corrected chi connectivity index (χ0v) is 8.89. The summed E-state index contributed by atoms with van der Waals surface area (Å²) in [5, 5.41) is 3.56. The maximum Gasteiger partial charge on any atom is 0.00682 e. The number of rotatable bonds is 8. The van der Waals surface area contributed by atoms with Gasteiger partial charge in [-0.3, -0.25) is 0 Å². The monoisotopic (exact) mass is 181 g/mol. The lowest BCUT2D eigenvalue weighted by atomic mass is 10.0. The second-order valence-electron chi connectivity index (χ2n) is 4.34. The van der Waals surface area contributed by atoms with Crippen LogP contribution < -0.4 is 5.32 Å². The summed E-state index contributed by atoms with van der Waals surface area (Å²) in [5.41, 5.74) is 0. The fourth-order valence-corrected chi connectivity index (χ4v) is 1.58. The second-order valence-corrected chi connectivity index (χ2v) is 4.34. The van der Waals surface area contributed by atoms with Gasteiger partial charge in [-0.15, -0.1) is 6.58 Å². The topological polar surface area (TPSA) is 12.0 Å². The van der Waals surface area contributed by atoms with Gasteiger partial charge in [-0.1, -0.05) is 19.4 Å². The SMILES string of the molecule is C=CCCCC(C)CCNC1CC1. The molecule has 0 bridgehead atoms. The van der Waals surface area contributed by atoms with Crippen LogP contribution in [0.1, 0.15) is 45.4 Å². The third kappa shape index (κ3) is 5.87. The molecule has 13 heavy (non-hydrogen) atoms. The molecule has 1 saturated carbocycles. The molecule has 1 N–H and O–H groups in total. The van der Waals surface area contributed by atoms with Crippen LogP contribution in [0.25, 0.3) is 0 Å². The van der Waals surface area contributed by atoms with Gasteiger partial charge in [0.2, 0.25) is 0 Å². The summed E-state index contributed by atoms with van der Waals surface area (Å²) in [6.45, 7) is 7.32. The quantitative estimate of drug-likeness (QED) is 0.448. The fraction of sp³-hybridized carbons (Fsp3) is 0.833. The van der Waals surface area contributed by atoms with E-state index in [1.165, 1.54) is 45.1 Å². The maximum atomic E-state index is 3.74. The Morgan fingerprint density at radius 2 is 2.23 bits per heavy atom. The van der Waals surface area contributed by atoms with Crippen LogP contribution in [-0.4, -0.2) is 12.6 Å². The molecule has 1 nitrogen and oxygen atoms in total. The van der Waals surface area contributed by atoms with E-state index in [-0.39, 0.29) is 0 Å². The predicted molar refractivity (Wildman–Crippen MR) is 58.9 cm³/mol. The first-order valence-corrected chi connectivity index (χ1v) is 5.67. The van der Waals surface area contributed by atoms with Crippen LogP contribution >= 0.6 is 0 Å². The van der Waals surface area contributed by atoms with Gasteiger partial charge in [0.1, 0.15) is 0 Å². The Morgan fingerprint density at radius 3 is 2.85 bits per heavy atom. The Bertz CT molecular complexity index is 138. The molecule has 76 valence electrons. The van der Waals surface area contributed by atoms with E-state index in [1.807, 2.05) is 6.08 Å². The van der Waals surface area contributed by atoms with Gasteiger partial charge in [0.15, 0.2) is 0 Å². The summed E-state index contributed by atoms with van der Waals surface area (Å²) in [6.07, 6.45) is 10.0. The van der Waals surface area contributed by atoms with Gasteiger partial charge in [-0.05, 0) is 44.6 Å². The van der Waals surface area contributed by atoms with Crippen molar-refractivity contribution >= 4 is 0 Å². The van der Waals surface area contributed by atoms with Crippen LogP contribution in [0.2, 0.25) is 0 Å². The highest BCUT2D eigenvalue weighted by Gasteiger charge is 2.19. The molecule has 1 rings (SSSR count). The fourth-order valence-electron chi connectivity index (χ4n) is 1.58. The van der Waals surface area contributed by atoms with E-state index >= 15 is 0 Å². The highest BCUT2D eigenvalue weighted by atomic mass is 14.9. The zero-order valence-electron chi connectivity index (χ0n) is 8.89. The van der Waals surface area contributed by atoms with E-state index in [2.05, 4.69) is 18.8 Å². The largest absolute Gasteiger partial charge is 0.314 e.